The lowest BCUT2D eigenvalue weighted by Gasteiger charge is -2.20. The van der Waals surface area contributed by atoms with Gasteiger partial charge in [-0.3, -0.25) is 4.72 Å². The second-order valence-corrected chi connectivity index (χ2v) is 7.54. The number of sulfonamides is 1. The second kappa shape index (κ2) is 7.17. The van der Waals surface area contributed by atoms with Crippen molar-refractivity contribution in [3.8, 4) is 0 Å². The van der Waals surface area contributed by atoms with Crippen molar-refractivity contribution >= 4 is 38.7 Å². The first-order valence-corrected chi connectivity index (χ1v) is 9.50. The molecule has 3 aromatic rings. The summed E-state index contributed by atoms with van der Waals surface area (Å²) in [5, 5.41) is 0.190. The molecule has 25 heavy (non-hydrogen) atoms. The summed E-state index contributed by atoms with van der Waals surface area (Å²) in [5.74, 6) is 0. The number of para-hydroxylation sites is 1. The Labute approximate surface area is 152 Å². The van der Waals surface area contributed by atoms with Gasteiger partial charge in [-0.2, -0.15) is 0 Å². The number of hydrogen-bond donors (Lipinski definition) is 1. The lowest BCUT2D eigenvalue weighted by atomic mass is 10.2. The molecule has 0 saturated carbocycles. The molecule has 4 nitrogen and oxygen atoms in total. The molecule has 0 bridgehead atoms. The number of nitrogens with one attached hydrogen (secondary N) is 1. The van der Waals surface area contributed by atoms with E-state index in [1.807, 2.05) is 54.4 Å². The van der Waals surface area contributed by atoms with Crippen molar-refractivity contribution in [1.29, 1.82) is 0 Å². The van der Waals surface area contributed by atoms with Crippen LogP contribution in [0.5, 0.6) is 0 Å². The Morgan fingerprint density at radius 2 is 1.36 bits per heavy atom. The van der Waals surface area contributed by atoms with Gasteiger partial charge >= 0.3 is 0 Å². The van der Waals surface area contributed by atoms with Crippen LogP contribution in [0.25, 0.3) is 0 Å². The van der Waals surface area contributed by atoms with Crippen LogP contribution >= 0.6 is 11.6 Å². The zero-order valence-corrected chi connectivity index (χ0v) is 15.1. The predicted octanol–water partition coefficient (Wildman–Crippen LogP) is 4.91. The zero-order valence-electron chi connectivity index (χ0n) is 13.6. The van der Waals surface area contributed by atoms with E-state index in [0.29, 0.717) is 5.69 Å². The molecule has 0 heterocycles. The van der Waals surface area contributed by atoms with Gasteiger partial charge in [0.1, 0.15) is 4.90 Å². The van der Waals surface area contributed by atoms with Crippen molar-refractivity contribution in [2.45, 2.75) is 4.90 Å². The van der Waals surface area contributed by atoms with Crippen LogP contribution in [0.1, 0.15) is 0 Å². The van der Waals surface area contributed by atoms with Gasteiger partial charge in [0, 0.05) is 24.1 Å². The third-order valence-electron chi connectivity index (χ3n) is 3.78. The minimum absolute atomic E-state index is 0.0575. The lowest BCUT2D eigenvalue weighted by Crippen LogP contribution is -2.14. The lowest BCUT2D eigenvalue weighted by molar-refractivity contribution is 0.601. The number of nitrogens with zero attached hydrogens (tertiary/aromatic N) is 1. The summed E-state index contributed by atoms with van der Waals surface area (Å²) in [5.41, 5.74) is 2.48. The minimum Gasteiger partial charge on any atom is -0.345 e. The maximum Gasteiger partial charge on any atom is 0.263 e. The van der Waals surface area contributed by atoms with E-state index in [2.05, 4.69) is 4.72 Å². The predicted molar refractivity (Wildman–Crippen MR) is 103 cm³/mol. The highest BCUT2D eigenvalue weighted by Crippen LogP contribution is 2.27. The van der Waals surface area contributed by atoms with Crippen molar-refractivity contribution in [3.05, 3.63) is 83.9 Å². The van der Waals surface area contributed by atoms with Gasteiger partial charge in [0.05, 0.1) is 5.02 Å². The molecule has 0 unspecified atom stereocenters. The molecule has 3 rings (SSSR count). The van der Waals surface area contributed by atoms with Crippen molar-refractivity contribution < 1.29 is 8.42 Å². The van der Waals surface area contributed by atoms with Gasteiger partial charge in [-0.1, -0.05) is 41.9 Å². The molecule has 0 aromatic heterocycles. The fraction of sp³-hybridized carbons (Fsp3) is 0.0526. The second-order valence-electron chi connectivity index (χ2n) is 5.48. The van der Waals surface area contributed by atoms with Crippen LogP contribution in [0.3, 0.4) is 0 Å². The summed E-state index contributed by atoms with van der Waals surface area (Å²) in [6.45, 7) is 0. The number of hydrogen-bond acceptors (Lipinski definition) is 3. The Morgan fingerprint density at radius 1 is 0.800 bits per heavy atom. The zero-order chi connectivity index (χ0) is 17.9. The van der Waals surface area contributed by atoms with Gasteiger partial charge < -0.3 is 4.90 Å². The van der Waals surface area contributed by atoms with Gasteiger partial charge in [-0.25, -0.2) is 8.42 Å². The molecule has 0 atom stereocenters. The molecule has 0 aliphatic carbocycles. The van der Waals surface area contributed by atoms with Crippen LogP contribution in [0, 0.1) is 0 Å². The third-order valence-corrected chi connectivity index (χ3v) is 5.66. The van der Waals surface area contributed by atoms with Crippen molar-refractivity contribution in [3.63, 3.8) is 0 Å². The topological polar surface area (TPSA) is 49.4 Å². The molecular formula is C19H17ClN2O2S. The molecule has 1 N–H and O–H groups in total. The summed E-state index contributed by atoms with van der Waals surface area (Å²) >= 11 is 5.98. The molecule has 3 aromatic carbocycles. The Kier molecular flexibility index (Phi) is 4.97. The maximum absolute atomic E-state index is 12.5. The van der Waals surface area contributed by atoms with E-state index in [1.165, 1.54) is 6.07 Å². The average molecular weight is 373 g/mol. The number of halogens is 1. The summed E-state index contributed by atoms with van der Waals surface area (Å²) in [4.78, 5) is 2.08. The molecule has 128 valence electrons. The Balaban J connectivity index is 1.80. The van der Waals surface area contributed by atoms with Crippen LogP contribution in [-0.2, 0) is 10.0 Å². The van der Waals surface area contributed by atoms with E-state index >= 15 is 0 Å². The van der Waals surface area contributed by atoms with Crippen molar-refractivity contribution in [2.24, 2.45) is 0 Å². The van der Waals surface area contributed by atoms with Gasteiger partial charge in [-0.15, -0.1) is 0 Å². The van der Waals surface area contributed by atoms with E-state index in [9.17, 15) is 8.42 Å². The van der Waals surface area contributed by atoms with Gasteiger partial charge in [0.15, 0.2) is 0 Å². The highest BCUT2D eigenvalue weighted by atomic mass is 35.5. The molecule has 0 fully saturated rings. The minimum atomic E-state index is -3.72. The molecule has 0 aliphatic heterocycles. The molecule has 0 spiro atoms. The first-order chi connectivity index (χ1) is 12.0. The first kappa shape index (κ1) is 17.3. The SMILES string of the molecule is CN(c1ccccc1)c1ccc(NS(=O)(=O)c2ccccc2Cl)cc1. The fourth-order valence-corrected chi connectivity index (χ4v) is 4.01. The fourth-order valence-electron chi connectivity index (χ4n) is 2.43. The van der Waals surface area contributed by atoms with Crippen LogP contribution in [0.2, 0.25) is 5.02 Å². The largest absolute Gasteiger partial charge is 0.345 e. The Hall–Kier alpha value is -2.50. The van der Waals surface area contributed by atoms with Crippen molar-refractivity contribution in [2.75, 3.05) is 16.7 Å². The quantitative estimate of drug-likeness (QED) is 0.692. The van der Waals surface area contributed by atoms with E-state index in [0.717, 1.165) is 11.4 Å². The number of rotatable bonds is 5. The monoisotopic (exact) mass is 372 g/mol. The highest BCUT2D eigenvalue weighted by Gasteiger charge is 2.17. The van der Waals surface area contributed by atoms with Crippen LogP contribution in [-0.4, -0.2) is 15.5 Å². The average Bonchev–Trinajstić information content (AvgIpc) is 2.62. The molecule has 0 aliphatic rings. The molecule has 0 saturated heterocycles. The van der Waals surface area contributed by atoms with Gasteiger partial charge in [0.2, 0.25) is 0 Å². The van der Waals surface area contributed by atoms with E-state index in [4.69, 9.17) is 11.6 Å². The van der Waals surface area contributed by atoms with Crippen LogP contribution in [0.4, 0.5) is 17.1 Å². The summed E-state index contributed by atoms with van der Waals surface area (Å²) in [6.07, 6.45) is 0. The van der Waals surface area contributed by atoms with E-state index < -0.39 is 10.0 Å². The maximum atomic E-state index is 12.5. The summed E-state index contributed by atoms with van der Waals surface area (Å²) in [7, 11) is -1.77. The van der Waals surface area contributed by atoms with Crippen LogP contribution < -0.4 is 9.62 Å². The highest BCUT2D eigenvalue weighted by molar-refractivity contribution is 7.92. The van der Waals surface area contributed by atoms with E-state index in [1.54, 1.807) is 30.3 Å². The first-order valence-electron chi connectivity index (χ1n) is 7.63. The standard InChI is InChI=1S/C19H17ClN2O2S/c1-22(16-7-3-2-4-8-16)17-13-11-15(12-14-17)21-25(23,24)19-10-6-5-9-18(19)20/h2-14,21H,1H3. The van der Waals surface area contributed by atoms with Gasteiger partial charge in [0.25, 0.3) is 10.0 Å². The normalized spacial score (nSPS) is 11.1. The Morgan fingerprint density at radius 3 is 2.00 bits per heavy atom. The van der Waals surface area contributed by atoms with Crippen LogP contribution in [0.15, 0.2) is 83.8 Å². The van der Waals surface area contributed by atoms with Gasteiger partial charge in [-0.05, 0) is 48.5 Å². The third kappa shape index (κ3) is 3.95. The van der Waals surface area contributed by atoms with Crippen molar-refractivity contribution in [1.82, 2.24) is 0 Å². The molecule has 0 amide bonds. The smallest absolute Gasteiger partial charge is 0.263 e. The molecular weight excluding hydrogens is 356 g/mol. The summed E-state index contributed by atoms with van der Waals surface area (Å²) in [6, 6.07) is 23.4. The number of benzene rings is 3. The van der Waals surface area contributed by atoms with E-state index in [-0.39, 0.29) is 9.92 Å². The molecule has 6 heteroatoms. The Bertz CT molecular complexity index is 958. The molecule has 0 radical (unpaired) electrons. The number of anilines is 3. The summed E-state index contributed by atoms with van der Waals surface area (Å²) < 4.78 is 27.5.